The van der Waals surface area contributed by atoms with E-state index in [0.29, 0.717) is 18.2 Å². The number of morpholine rings is 1. The number of anilines is 1. The molecule has 1 saturated heterocycles. The van der Waals surface area contributed by atoms with Crippen LogP contribution in [0.5, 0.6) is 0 Å². The normalized spacial score (nSPS) is 14.8. The molecular formula is C29H32N4O2S2. The Morgan fingerprint density at radius 2 is 1.73 bits per heavy atom. The highest BCUT2D eigenvalue weighted by molar-refractivity contribution is 7.14. The van der Waals surface area contributed by atoms with Crippen LogP contribution in [0.25, 0.3) is 11.3 Å². The molecule has 0 spiro atoms. The molecule has 37 heavy (non-hydrogen) atoms. The van der Waals surface area contributed by atoms with Crippen LogP contribution in [-0.4, -0.2) is 66.8 Å². The number of aromatic nitrogens is 1. The molecule has 2 aromatic heterocycles. The number of hydrogen-bond acceptors (Lipinski definition) is 6. The van der Waals surface area contributed by atoms with Crippen molar-refractivity contribution in [1.82, 2.24) is 14.8 Å². The average molecular weight is 533 g/mol. The number of carbonyl (C=O) groups is 1. The maximum atomic E-state index is 13.5. The molecule has 3 heterocycles. The second-order valence-electron chi connectivity index (χ2n) is 9.04. The minimum Gasteiger partial charge on any atom is -0.379 e. The molecule has 0 aliphatic carbocycles. The lowest BCUT2D eigenvalue weighted by atomic mass is 9.94. The fourth-order valence-corrected chi connectivity index (χ4v) is 6.18. The van der Waals surface area contributed by atoms with E-state index >= 15 is 0 Å². The number of amides is 2. The second kappa shape index (κ2) is 13.0. The Morgan fingerprint density at radius 1 is 0.973 bits per heavy atom. The van der Waals surface area contributed by atoms with Crippen LogP contribution in [0.15, 0.2) is 83.6 Å². The smallest absolute Gasteiger partial charge is 0.323 e. The van der Waals surface area contributed by atoms with Gasteiger partial charge in [-0.15, -0.1) is 22.7 Å². The van der Waals surface area contributed by atoms with Crippen molar-refractivity contribution in [1.29, 1.82) is 0 Å². The fourth-order valence-electron chi connectivity index (χ4n) is 4.58. The van der Waals surface area contributed by atoms with Crippen LogP contribution in [0.4, 0.5) is 9.93 Å². The van der Waals surface area contributed by atoms with Crippen LogP contribution in [0.1, 0.15) is 22.8 Å². The topological polar surface area (TPSA) is 57.7 Å². The highest BCUT2D eigenvalue weighted by Gasteiger charge is 2.22. The second-order valence-corrected chi connectivity index (χ2v) is 10.9. The van der Waals surface area contributed by atoms with E-state index in [1.807, 2.05) is 40.6 Å². The van der Waals surface area contributed by atoms with Crippen molar-refractivity contribution < 1.29 is 9.53 Å². The molecule has 1 unspecified atom stereocenters. The van der Waals surface area contributed by atoms with Crippen LogP contribution in [0, 0.1) is 0 Å². The number of ether oxygens (including phenoxy) is 1. The summed E-state index contributed by atoms with van der Waals surface area (Å²) in [6.45, 7) is 5.47. The maximum Gasteiger partial charge on any atom is 0.323 e. The summed E-state index contributed by atoms with van der Waals surface area (Å²) in [6.07, 6.45) is 0.855. The van der Waals surface area contributed by atoms with Crippen LogP contribution in [0.3, 0.4) is 0 Å². The lowest BCUT2D eigenvalue weighted by molar-refractivity contribution is 0.0351. The van der Waals surface area contributed by atoms with Crippen molar-refractivity contribution in [2.24, 2.45) is 0 Å². The summed E-state index contributed by atoms with van der Waals surface area (Å²) in [5, 5.41) is 7.81. The molecule has 1 fully saturated rings. The third-order valence-corrected chi connectivity index (χ3v) is 8.38. The van der Waals surface area contributed by atoms with E-state index in [2.05, 4.69) is 63.0 Å². The number of hydrogen-bond donors (Lipinski definition) is 1. The van der Waals surface area contributed by atoms with Crippen LogP contribution >= 0.6 is 22.7 Å². The number of carbonyl (C=O) groups excluding carboxylic acids is 1. The van der Waals surface area contributed by atoms with Crippen molar-refractivity contribution in [3.8, 4) is 11.3 Å². The standard InChI is InChI=1S/C29H32N4O2S2/c34-29(31-28-30-26(22-37-28)24-10-5-2-6-11-24)33(16-15-32-17-19-35-20-18-32)14-13-25(27-12-7-21-36-27)23-8-3-1-4-9-23/h1-12,21-22,25H,13-20H2,(H,30,31,34). The largest absolute Gasteiger partial charge is 0.379 e. The molecule has 2 amide bonds. The van der Waals surface area contributed by atoms with Gasteiger partial charge < -0.3 is 9.64 Å². The van der Waals surface area contributed by atoms with E-state index in [-0.39, 0.29) is 11.9 Å². The predicted molar refractivity (Wildman–Crippen MR) is 153 cm³/mol. The number of urea groups is 1. The van der Waals surface area contributed by atoms with Gasteiger partial charge in [0.1, 0.15) is 0 Å². The van der Waals surface area contributed by atoms with Gasteiger partial charge in [-0.3, -0.25) is 10.2 Å². The summed E-state index contributed by atoms with van der Waals surface area (Å²) in [6, 6.07) is 24.8. The molecule has 1 N–H and O–H groups in total. The minimum absolute atomic E-state index is 0.0970. The molecule has 1 atom stereocenters. The van der Waals surface area contributed by atoms with Gasteiger partial charge in [0.15, 0.2) is 5.13 Å². The zero-order valence-corrected chi connectivity index (χ0v) is 22.4. The van der Waals surface area contributed by atoms with E-state index in [4.69, 9.17) is 4.74 Å². The van der Waals surface area contributed by atoms with Gasteiger partial charge in [-0.1, -0.05) is 66.7 Å². The lowest BCUT2D eigenvalue weighted by Crippen LogP contribution is -2.44. The molecule has 4 aromatic rings. The molecule has 8 heteroatoms. The monoisotopic (exact) mass is 532 g/mol. The number of nitrogens with zero attached hydrogens (tertiary/aromatic N) is 3. The van der Waals surface area contributed by atoms with Gasteiger partial charge in [0.2, 0.25) is 0 Å². The molecule has 192 valence electrons. The first-order valence-electron chi connectivity index (χ1n) is 12.7. The number of nitrogens with one attached hydrogen (secondary N) is 1. The third-order valence-electron chi connectivity index (χ3n) is 6.64. The Kier molecular flexibility index (Phi) is 8.97. The van der Waals surface area contributed by atoms with Gasteiger partial charge in [0, 0.05) is 54.5 Å². The number of rotatable bonds is 10. The Bertz CT molecular complexity index is 1230. The first-order chi connectivity index (χ1) is 18.3. The van der Waals surface area contributed by atoms with Gasteiger partial charge in [-0.05, 0) is 23.4 Å². The van der Waals surface area contributed by atoms with Gasteiger partial charge in [0.05, 0.1) is 18.9 Å². The van der Waals surface area contributed by atoms with Crippen molar-refractivity contribution in [3.05, 3.63) is 94.0 Å². The summed E-state index contributed by atoms with van der Waals surface area (Å²) in [5.41, 5.74) is 3.21. The molecule has 0 saturated carbocycles. The Morgan fingerprint density at radius 3 is 2.46 bits per heavy atom. The number of thiazole rings is 1. The Balaban J connectivity index is 1.29. The van der Waals surface area contributed by atoms with Gasteiger partial charge in [0.25, 0.3) is 0 Å². The van der Waals surface area contributed by atoms with E-state index in [9.17, 15) is 4.79 Å². The molecule has 0 bridgehead atoms. The summed E-state index contributed by atoms with van der Waals surface area (Å²) in [5.74, 6) is 0.254. The third kappa shape index (κ3) is 7.05. The summed E-state index contributed by atoms with van der Waals surface area (Å²) in [7, 11) is 0. The number of thiophene rings is 1. The summed E-state index contributed by atoms with van der Waals surface area (Å²) < 4.78 is 5.50. The van der Waals surface area contributed by atoms with Gasteiger partial charge in [-0.25, -0.2) is 9.78 Å². The first-order valence-corrected chi connectivity index (χ1v) is 14.5. The molecule has 6 nitrogen and oxygen atoms in total. The maximum absolute atomic E-state index is 13.5. The Hall–Kier alpha value is -3.04. The Labute approximate surface area is 226 Å². The SMILES string of the molecule is O=C(Nc1nc(-c2ccccc2)cs1)N(CCC(c1ccccc1)c1cccs1)CCN1CCOCC1. The van der Waals surface area contributed by atoms with E-state index < -0.39 is 0 Å². The highest BCUT2D eigenvalue weighted by atomic mass is 32.1. The van der Waals surface area contributed by atoms with Crippen LogP contribution in [0.2, 0.25) is 0 Å². The summed E-state index contributed by atoms with van der Waals surface area (Å²) in [4.78, 5) is 23.8. The molecule has 0 radical (unpaired) electrons. The first kappa shape index (κ1) is 25.6. The minimum atomic E-state index is -0.0970. The molecule has 2 aromatic carbocycles. The summed E-state index contributed by atoms with van der Waals surface area (Å²) >= 11 is 3.24. The van der Waals surface area contributed by atoms with Crippen molar-refractivity contribution in [2.45, 2.75) is 12.3 Å². The zero-order valence-electron chi connectivity index (χ0n) is 20.8. The molecule has 5 rings (SSSR count). The van der Waals surface area contributed by atoms with E-state index in [0.717, 1.165) is 50.5 Å². The van der Waals surface area contributed by atoms with Crippen molar-refractivity contribution in [2.75, 3.05) is 51.3 Å². The van der Waals surface area contributed by atoms with Gasteiger partial charge >= 0.3 is 6.03 Å². The predicted octanol–water partition coefficient (Wildman–Crippen LogP) is 6.26. The fraction of sp³-hybridized carbons (Fsp3) is 0.310. The quantitative estimate of drug-likeness (QED) is 0.262. The van der Waals surface area contributed by atoms with E-state index in [1.54, 1.807) is 11.3 Å². The van der Waals surface area contributed by atoms with Crippen LogP contribution < -0.4 is 5.32 Å². The van der Waals surface area contributed by atoms with Gasteiger partial charge in [-0.2, -0.15) is 0 Å². The van der Waals surface area contributed by atoms with E-state index in [1.165, 1.54) is 21.8 Å². The molecule has 1 aliphatic heterocycles. The number of benzene rings is 2. The zero-order chi connectivity index (χ0) is 25.3. The molecule has 1 aliphatic rings. The lowest BCUT2D eigenvalue weighted by Gasteiger charge is -2.30. The highest BCUT2D eigenvalue weighted by Crippen LogP contribution is 2.31. The van der Waals surface area contributed by atoms with Crippen molar-refractivity contribution >= 4 is 33.8 Å². The van der Waals surface area contributed by atoms with Crippen molar-refractivity contribution in [3.63, 3.8) is 0 Å². The van der Waals surface area contributed by atoms with Crippen LogP contribution in [-0.2, 0) is 4.74 Å². The average Bonchev–Trinajstić information content (AvgIpc) is 3.65. The molecular weight excluding hydrogens is 500 g/mol.